The van der Waals surface area contributed by atoms with Crippen LogP contribution in [0.15, 0.2) is 41.2 Å². The maximum atomic E-state index is 12.1. The molecule has 1 aliphatic rings. The Morgan fingerprint density at radius 2 is 2.25 bits per heavy atom. The molecule has 0 spiro atoms. The topological polar surface area (TPSA) is 88.2 Å². The number of aliphatic hydroxyl groups is 1. The van der Waals surface area contributed by atoms with Crippen molar-refractivity contribution in [3.05, 3.63) is 48.1 Å². The molecule has 2 aromatic rings. The molecule has 0 aliphatic heterocycles. The van der Waals surface area contributed by atoms with Gasteiger partial charge in [0.25, 0.3) is 5.91 Å². The number of aromatic nitrogens is 2. The van der Waals surface area contributed by atoms with Crippen LogP contribution in [0.2, 0.25) is 0 Å². The lowest BCUT2D eigenvalue weighted by Gasteiger charge is -2.37. The fourth-order valence-electron chi connectivity index (χ4n) is 2.44. The van der Waals surface area contributed by atoms with E-state index in [0.717, 1.165) is 5.69 Å². The summed E-state index contributed by atoms with van der Waals surface area (Å²) in [6.07, 6.45) is 4.10. The first-order valence-corrected chi connectivity index (χ1v) is 6.54. The van der Waals surface area contributed by atoms with E-state index >= 15 is 0 Å². The minimum Gasteiger partial charge on any atom is -0.393 e. The molecular formula is C14H15N3O3. The summed E-state index contributed by atoms with van der Waals surface area (Å²) in [7, 11) is 0. The van der Waals surface area contributed by atoms with E-state index in [2.05, 4.69) is 20.0 Å². The monoisotopic (exact) mass is 273 g/mol. The van der Waals surface area contributed by atoms with E-state index in [1.165, 1.54) is 12.3 Å². The Morgan fingerprint density at radius 3 is 2.85 bits per heavy atom. The minimum absolute atomic E-state index is 0.191. The number of nitrogens with zero attached hydrogens (tertiary/aromatic N) is 2. The van der Waals surface area contributed by atoms with Crippen molar-refractivity contribution in [2.45, 2.75) is 25.0 Å². The molecule has 2 N–H and O–H groups in total. The van der Waals surface area contributed by atoms with Crippen molar-refractivity contribution in [3.63, 3.8) is 0 Å². The van der Waals surface area contributed by atoms with Crippen LogP contribution in [0.3, 0.4) is 0 Å². The number of hydrogen-bond donors (Lipinski definition) is 2. The van der Waals surface area contributed by atoms with Gasteiger partial charge in [0.2, 0.25) is 0 Å². The molecule has 2 aromatic heterocycles. The van der Waals surface area contributed by atoms with Gasteiger partial charge in [0.05, 0.1) is 17.8 Å². The first-order valence-electron chi connectivity index (χ1n) is 6.54. The van der Waals surface area contributed by atoms with Gasteiger partial charge >= 0.3 is 0 Å². The third-order valence-electron chi connectivity index (χ3n) is 3.58. The van der Waals surface area contributed by atoms with Gasteiger partial charge in [0.1, 0.15) is 6.26 Å². The predicted molar refractivity (Wildman–Crippen MR) is 69.7 cm³/mol. The molecule has 1 saturated carbocycles. The van der Waals surface area contributed by atoms with E-state index in [1.807, 2.05) is 18.2 Å². The molecule has 6 heteroatoms. The Balaban J connectivity index is 1.78. The average molecular weight is 273 g/mol. The summed E-state index contributed by atoms with van der Waals surface area (Å²) in [5.74, 6) is -0.105. The number of nitrogens with one attached hydrogen (secondary N) is 1. The molecule has 0 aromatic carbocycles. The van der Waals surface area contributed by atoms with Crippen LogP contribution in [0.5, 0.6) is 0 Å². The highest BCUT2D eigenvalue weighted by Crippen LogP contribution is 2.37. The summed E-state index contributed by atoms with van der Waals surface area (Å²) in [4.78, 5) is 16.4. The Labute approximate surface area is 115 Å². The maximum absolute atomic E-state index is 12.1. The summed E-state index contributed by atoms with van der Waals surface area (Å²) >= 11 is 0. The van der Waals surface area contributed by atoms with E-state index in [1.54, 1.807) is 6.20 Å². The van der Waals surface area contributed by atoms with Crippen LogP contribution < -0.4 is 5.32 Å². The molecule has 0 unspecified atom stereocenters. The van der Waals surface area contributed by atoms with Gasteiger partial charge in [-0.2, -0.15) is 0 Å². The van der Waals surface area contributed by atoms with Gasteiger partial charge < -0.3 is 14.9 Å². The Bertz CT molecular complexity index is 565. The number of carbonyl (C=O) groups is 1. The molecule has 0 bridgehead atoms. The molecule has 0 saturated heterocycles. The lowest BCUT2D eigenvalue weighted by molar-refractivity contribution is 0.0227. The fourth-order valence-corrected chi connectivity index (χ4v) is 2.44. The van der Waals surface area contributed by atoms with Crippen molar-refractivity contribution in [2.75, 3.05) is 0 Å². The third-order valence-corrected chi connectivity index (χ3v) is 3.58. The van der Waals surface area contributed by atoms with Crippen LogP contribution in [-0.2, 0) is 0 Å². The normalized spacial score (nSPS) is 22.9. The smallest absolute Gasteiger partial charge is 0.274 e. The highest BCUT2D eigenvalue weighted by Gasteiger charge is 2.36. The molecule has 3 rings (SSSR count). The van der Waals surface area contributed by atoms with Gasteiger partial charge in [-0.05, 0) is 30.9 Å². The van der Waals surface area contributed by atoms with Crippen molar-refractivity contribution in [1.82, 2.24) is 15.5 Å². The molecule has 6 nitrogen and oxygen atoms in total. The van der Waals surface area contributed by atoms with Crippen LogP contribution in [0.1, 0.15) is 35.1 Å². The van der Waals surface area contributed by atoms with Gasteiger partial charge in [-0.25, -0.2) is 0 Å². The van der Waals surface area contributed by atoms with Crippen LogP contribution in [0.4, 0.5) is 0 Å². The van der Waals surface area contributed by atoms with Crippen molar-refractivity contribution in [3.8, 4) is 0 Å². The summed E-state index contributed by atoms with van der Waals surface area (Å²) in [5.41, 5.74) is 1.03. The summed E-state index contributed by atoms with van der Waals surface area (Å²) in [6, 6.07) is 6.88. The van der Waals surface area contributed by atoms with Crippen molar-refractivity contribution >= 4 is 5.91 Å². The van der Waals surface area contributed by atoms with Gasteiger partial charge in [-0.1, -0.05) is 11.2 Å². The number of carbonyl (C=O) groups excluding carboxylic acids is 1. The summed E-state index contributed by atoms with van der Waals surface area (Å²) in [5, 5.41) is 16.0. The van der Waals surface area contributed by atoms with Gasteiger partial charge in [0, 0.05) is 12.3 Å². The highest BCUT2D eigenvalue weighted by atomic mass is 16.5. The van der Waals surface area contributed by atoms with Gasteiger partial charge in [0.15, 0.2) is 5.69 Å². The zero-order chi connectivity index (χ0) is 13.9. The number of pyridine rings is 1. The standard InChI is InChI=1S/C14H15N3O3/c18-10-7-9(8-10)13(11-3-1-2-5-15-11)16-14(19)12-4-6-20-17-12/h1-6,9-10,13,18H,7-8H2,(H,16,19)/t9?,10?,13-/m1/s1. The lowest BCUT2D eigenvalue weighted by Crippen LogP contribution is -2.41. The largest absolute Gasteiger partial charge is 0.393 e. The number of amides is 1. The molecule has 1 fully saturated rings. The lowest BCUT2D eigenvalue weighted by atomic mass is 9.76. The molecule has 2 heterocycles. The zero-order valence-corrected chi connectivity index (χ0v) is 10.8. The first kappa shape index (κ1) is 12.8. The van der Waals surface area contributed by atoms with Crippen molar-refractivity contribution < 1.29 is 14.4 Å². The Kier molecular flexibility index (Phi) is 3.47. The molecule has 20 heavy (non-hydrogen) atoms. The Hall–Kier alpha value is -2.21. The predicted octanol–water partition coefficient (Wildman–Crippen LogP) is 1.31. The molecule has 1 amide bonds. The van der Waals surface area contributed by atoms with Crippen LogP contribution in [-0.4, -0.2) is 27.3 Å². The quantitative estimate of drug-likeness (QED) is 0.877. The van der Waals surface area contributed by atoms with E-state index < -0.39 is 0 Å². The third kappa shape index (κ3) is 2.55. The SMILES string of the molecule is O=C(N[C@@H](c1ccccn1)C1CC(O)C1)c1ccon1. The first-order chi connectivity index (χ1) is 9.74. The fraction of sp³-hybridized carbons (Fsp3) is 0.357. The van der Waals surface area contributed by atoms with Crippen molar-refractivity contribution in [2.24, 2.45) is 5.92 Å². The number of rotatable bonds is 4. The summed E-state index contributed by atoms with van der Waals surface area (Å²) < 4.78 is 4.67. The molecule has 0 radical (unpaired) electrons. The van der Waals surface area contributed by atoms with Gasteiger partial charge in [-0.3, -0.25) is 9.78 Å². The number of aliphatic hydroxyl groups excluding tert-OH is 1. The maximum Gasteiger partial charge on any atom is 0.274 e. The second-order valence-electron chi connectivity index (χ2n) is 4.98. The Morgan fingerprint density at radius 1 is 1.40 bits per heavy atom. The molecule has 104 valence electrons. The number of hydrogen-bond acceptors (Lipinski definition) is 5. The van der Waals surface area contributed by atoms with E-state index in [4.69, 9.17) is 0 Å². The second-order valence-corrected chi connectivity index (χ2v) is 4.98. The van der Waals surface area contributed by atoms with E-state index in [0.29, 0.717) is 12.8 Å². The second kappa shape index (κ2) is 5.42. The van der Waals surface area contributed by atoms with Crippen LogP contribution in [0, 0.1) is 5.92 Å². The average Bonchev–Trinajstić information content (AvgIpc) is 2.97. The van der Waals surface area contributed by atoms with Gasteiger partial charge in [-0.15, -0.1) is 0 Å². The molecule has 1 atom stereocenters. The zero-order valence-electron chi connectivity index (χ0n) is 10.8. The van der Waals surface area contributed by atoms with Crippen LogP contribution >= 0.6 is 0 Å². The molecular weight excluding hydrogens is 258 g/mol. The van der Waals surface area contributed by atoms with E-state index in [9.17, 15) is 9.90 Å². The minimum atomic E-state index is -0.296. The highest BCUT2D eigenvalue weighted by molar-refractivity contribution is 5.92. The molecule has 1 aliphatic carbocycles. The van der Waals surface area contributed by atoms with E-state index in [-0.39, 0.29) is 29.7 Å². The summed E-state index contributed by atoms with van der Waals surface area (Å²) in [6.45, 7) is 0. The van der Waals surface area contributed by atoms with Crippen molar-refractivity contribution in [1.29, 1.82) is 0 Å². The van der Waals surface area contributed by atoms with Crippen LogP contribution in [0.25, 0.3) is 0 Å².